The van der Waals surface area contributed by atoms with Crippen LogP contribution in [0.4, 0.5) is 15.3 Å². The second-order valence-corrected chi connectivity index (χ2v) is 16.1. The quantitative estimate of drug-likeness (QED) is 0.128. The number of likely N-dealkylation sites (tertiary alicyclic amines) is 1. The maximum absolute atomic E-state index is 14.1. The molecule has 0 spiro atoms. The Balaban J connectivity index is 1.24. The van der Waals surface area contributed by atoms with Gasteiger partial charge in [0, 0.05) is 36.4 Å². The molecule has 3 atom stereocenters. The van der Waals surface area contributed by atoms with Crippen molar-refractivity contribution in [2.24, 2.45) is 5.41 Å². The fraction of sp³-hybridized carbons (Fsp3) is 0.452. The predicted octanol–water partition coefficient (Wildman–Crippen LogP) is 5.87. The Hall–Kier alpha value is -5.10. The van der Waals surface area contributed by atoms with Gasteiger partial charge in [-0.25, -0.2) is 9.59 Å². The molecule has 0 saturated carbocycles. The molecular weight excluding hydrogens is 718 g/mol. The van der Waals surface area contributed by atoms with Gasteiger partial charge in [0.2, 0.25) is 17.7 Å². The maximum Gasteiger partial charge on any atom is 0.319 e. The lowest BCUT2D eigenvalue weighted by Gasteiger charge is -2.33. The van der Waals surface area contributed by atoms with Crippen LogP contribution in [0.2, 0.25) is 5.02 Å². The van der Waals surface area contributed by atoms with E-state index in [2.05, 4.69) is 38.0 Å². The van der Waals surface area contributed by atoms with Gasteiger partial charge >= 0.3 is 12.1 Å². The van der Waals surface area contributed by atoms with Crippen molar-refractivity contribution in [1.82, 2.24) is 31.5 Å². The number of carbonyl (C=O) groups excluding carboxylic acids is 5. The second-order valence-electron chi connectivity index (χ2n) is 15.6. The third-order valence-corrected chi connectivity index (χ3v) is 10.2. The summed E-state index contributed by atoms with van der Waals surface area (Å²) in [4.78, 5) is 69.1. The number of carbonyl (C=O) groups is 5. The van der Waals surface area contributed by atoms with Gasteiger partial charge in [-0.2, -0.15) is 0 Å². The van der Waals surface area contributed by atoms with Crippen LogP contribution < -0.4 is 31.9 Å². The van der Waals surface area contributed by atoms with E-state index in [0.29, 0.717) is 56.0 Å². The molecule has 5 rings (SSSR count). The van der Waals surface area contributed by atoms with Gasteiger partial charge < -0.3 is 36.8 Å². The van der Waals surface area contributed by atoms with Crippen LogP contribution in [0.1, 0.15) is 82.0 Å². The molecule has 1 aliphatic carbocycles. The number of hydrogen-bond donors (Lipinski definition) is 6. The van der Waals surface area contributed by atoms with Crippen LogP contribution in [-0.2, 0) is 27.2 Å². The van der Waals surface area contributed by atoms with Gasteiger partial charge in [-0.15, -0.1) is 0 Å². The number of halogens is 1. The van der Waals surface area contributed by atoms with E-state index >= 15 is 0 Å². The summed E-state index contributed by atoms with van der Waals surface area (Å²) in [5.41, 5.74) is 3.71. The topological polar surface area (TPSA) is 161 Å². The van der Waals surface area contributed by atoms with Crippen molar-refractivity contribution in [3.63, 3.8) is 0 Å². The Morgan fingerprint density at radius 2 is 1.49 bits per heavy atom. The number of hydrogen-bond acceptors (Lipinski definition) is 5. The summed E-state index contributed by atoms with van der Waals surface area (Å²) in [6.07, 6.45) is 4.21. The molecule has 1 aliphatic heterocycles. The smallest absolute Gasteiger partial charge is 0.319 e. The number of benzene rings is 3. The first kappa shape index (κ1) is 41.1. The summed E-state index contributed by atoms with van der Waals surface area (Å²) in [6.45, 7) is 6.99. The van der Waals surface area contributed by atoms with Crippen LogP contribution in [0, 0.1) is 5.41 Å². The average Bonchev–Trinajstić information content (AvgIpc) is 3.16. The molecule has 13 heteroatoms. The lowest BCUT2D eigenvalue weighted by atomic mass is 9.87. The summed E-state index contributed by atoms with van der Waals surface area (Å²) in [6, 6.07) is 21.2. The fourth-order valence-corrected chi connectivity index (χ4v) is 6.98. The molecule has 1 fully saturated rings. The van der Waals surface area contributed by atoms with Gasteiger partial charge in [-0.05, 0) is 91.3 Å². The molecule has 1 saturated heterocycles. The zero-order valence-electron chi connectivity index (χ0n) is 32.0. The van der Waals surface area contributed by atoms with Crippen molar-refractivity contribution < 1.29 is 24.0 Å². The summed E-state index contributed by atoms with van der Waals surface area (Å²) in [5, 5.41) is 18.1. The molecule has 3 aromatic rings. The predicted molar refractivity (Wildman–Crippen MR) is 215 cm³/mol. The van der Waals surface area contributed by atoms with Gasteiger partial charge in [-0.3, -0.25) is 14.4 Å². The average molecular weight is 772 g/mol. The molecule has 0 bridgehead atoms. The number of fused-ring (bicyclic) bond motifs is 1. The second kappa shape index (κ2) is 19.5. The Labute approximate surface area is 328 Å². The van der Waals surface area contributed by atoms with Crippen LogP contribution in [-0.4, -0.2) is 72.4 Å². The molecule has 0 radical (unpaired) electrons. The van der Waals surface area contributed by atoms with E-state index in [0.717, 1.165) is 30.4 Å². The molecule has 12 nitrogen and oxygen atoms in total. The SMILES string of the molecule is CC(C)(C)CNC(=O)C[C@H](NC(=O)N1CCC(NC(=O)Nc2ccc(Cl)cc2)CC1)C(=O)N[C@@H](CCc1ccccc1)C(=O)N[C@@H]1CCCc2ccccc21. The lowest BCUT2D eigenvalue weighted by molar-refractivity contribution is -0.132. The molecule has 1 heterocycles. The molecule has 3 aromatic carbocycles. The normalized spacial score (nSPS) is 16.8. The molecule has 0 aromatic heterocycles. The standard InChI is InChI=1S/C42H54ClN7O5/c1-42(2,3)27-44-37(51)26-36(49-41(55)50-24-22-32(23-25-50)46-40(54)45-31-19-17-30(43)18-20-31)39(53)48-35(21-16-28-10-5-4-6-11-28)38(52)47-34-15-9-13-29-12-7-8-14-33(29)34/h4-8,10-12,14,17-20,32,34-36H,9,13,15-16,21-27H2,1-3H3,(H,44,51)(H,47,52)(H,48,53)(H,49,55)(H2,45,46,54)/t34-,35+,36+/m1/s1. The number of aryl methyl sites for hydroxylation is 2. The monoisotopic (exact) mass is 771 g/mol. The van der Waals surface area contributed by atoms with Gasteiger partial charge in [0.25, 0.3) is 0 Å². The third-order valence-electron chi connectivity index (χ3n) is 9.92. The lowest BCUT2D eigenvalue weighted by Crippen LogP contribution is -2.58. The minimum absolute atomic E-state index is 0.168. The van der Waals surface area contributed by atoms with Gasteiger partial charge in [0.15, 0.2) is 0 Å². The van der Waals surface area contributed by atoms with E-state index in [9.17, 15) is 24.0 Å². The first-order chi connectivity index (χ1) is 26.3. The number of rotatable bonds is 13. The third kappa shape index (κ3) is 13.0. The van der Waals surface area contributed by atoms with Gasteiger partial charge in [0.1, 0.15) is 12.1 Å². The Bertz CT molecular complexity index is 1770. The minimum Gasteiger partial charge on any atom is -0.355 e. The van der Waals surface area contributed by atoms with Crippen molar-refractivity contribution in [1.29, 1.82) is 0 Å². The van der Waals surface area contributed by atoms with E-state index in [4.69, 9.17) is 11.6 Å². The van der Waals surface area contributed by atoms with Crippen LogP contribution in [0.3, 0.4) is 0 Å². The molecule has 6 N–H and O–H groups in total. The highest BCUT2D eigenvalue weighted by atomic mass is 35.5. The summed E-state index contributed by atoms with van der Waals surface area (Å²) < 4.78 is 0. The first-order valence-corrected chi connectivity index (χ1v) is 19.6. The van der Waals surface area contributed by atoms with Gasteiger partial charge in [-0.1, -0.05) is 87.0 Å². The van der Waals surface area contributed by atoms with Crippen molar-refractivity contribution >= 4 is 47.1 Å². The van der Waals surface area contributed by atoms with Crippen molar-refractivity contribution in [3.8, 4) is 0 Å². The first-order valence-electron chi connectivity index (χ1n) is 19.2. The summed E-state index contributed by atoms with van der Waals surface area (Å²) >= 11 is 5.94. The Kier molecular flexibility index (Phi) is 14.5. The number of nitrogens with one attached hydrogen (secondary N) is 6. The number of amides is 7. The Morgan fingerprint density at radius 3 is 2.20 bits per heavy atom. The summed E-state index contributed by atoms with van der Waals surface area (Å²) in [5.74, 6) is -1.33. The minimum atomic E-state index is -1.24. The zero-order chi connectivity index (χ0) is 39.4. The van der Waals surface area contributed by atoms with E-state index in [1.807, 2.05) is 69.3 Å². The van der Waals surface area contributed by atoms with Crippen LogP contribution >= 0.6 is 11.6 Å². The molecular formula is C42H54ClN7O5. The number of anilines is 1. The highest BCUT2D eigenvalue weighted by molar-refractivity contribution is 6.30. The van der Waals surface area contributed by atoms with E-state index in [1.165, 1.54) is 5.56 Å². The maximum atomic E-state index is 14.1. The van der Waals surface area contributed by atoms with Crippen LogP contribution in [0.15, 0.2) is 78.9 Å². The molecule has 2 aliphatic rings. The highest BCUT2D eigenvalue weighted by Crippen LogP contribution is 2.29. The largest absolute Gasteiger partial charge is 0.355 e. The van der Waals surface area contributed by atoms with E-state index < -0.39 is 29.9 Å². The molecule has 294 valence electrons. The molecule has 0 unspecified atom stereocenters. The number of urea groups is 2. The van der Waals surface area contributed by atoms with Crippen LogP contribution in [0.5, 0.6) is 0 Å². The summed E-state index contributed by atoms with van der Waals surface area (Å²) in [7, 11) is 0. The van der Waals surface area contributed by atoms with E-state index in [-0.39, 0.29) is 35.9 Å². The molecule has 7 amide bonds. The van der Waals surface area contributed by atoms with Crippen LogP contribution in [0.25, 0.3) is 0 Å². The highest BCUT2D eigenvalue weighted by Gasteiger charge is 2.33. The number of nitrogens with zero attached hydrogens (tertiary/aromatic N) is 1. The Morgan fingerprint density at radius 1 is 0.800 bits per heavy atom. The fourth-order valence-electron chi connectivity index (χ4n) is 6.86. The zero-order valence-corrected chi connectivity index (χ0v) is 32.7. The van der Waals surface area contributed by atoms with Gasteiger partial charge in [0.05, 0.1) is 12.5 Å². The van der Waals surface area contributed by atoms with Crippen molar-refractivity contribution in [2.75, 3.05) is 25.0 Å². The van der Waals surface area contributed by atoms with Crippen molar-refractivity contribution in [3.05, 3.63) is 101 Å². The van der Waals surface area contributed by atoms with Crippen molar-refractivity contribution in [2.45, 2.75) is 96.3 Å². The number of piperidine rings is 1. The molecule has 55 heavy (non-hydrogen) atoms. The van der Waals surface area contributed by atoms with E-state index in [1.54, 1.807) is 29.2 Å².